The number of aliphatic hydroxyl groups excluding tert-OH is 2. The fourth-order valence-corrected chi connectivity index (χ4v) is 1.85. The van der Waals surface area contributed by atoms with E-state index in [4.69, 9.17) is 15.6 Å². The zero-order chi connectivity index (χ0) is 13.4. The van der Waals surface area contributed by atoms with Crippen molar-refractivity contribution in [1.29, 1.82) is 0 Å². The van der Waals surface area contributed by atoms with Crippen LogP contribution < -0.4 is 11.4 Å². The van der Waals surface area contributed by atoms with Gasteiger partial charge in [-0.3, -0.25) is 4.57 Å². The summed E-state index contributed by atoms with van der Waals surface area (Å²) in [6, 6.07) is 0. The van der Waals surface area contributed by atoms with E-state index in [2.05, 4.69) is 11.6 Å². The SMILES string of the molecule is C=C1[C@H](n2cc(C)c(N)nc2=O)O[C@H](CO)[C@H]1O. The van der Waals surface area contributed by atoms with Crippen LogP contribution in [0.5, 0.6) is 0 Å². The largest absolute Gasteiger partial charge is 0.394 e. The molecule has 0 aliphatic carbocycles. The zero-order valence-corrected chi connectivity index (χ0v) is 9.91. The van der Waals surface area contributed by atoms with Crippen molar-refractivity contribution in [2.45, 2.75) is 25.4 Å². The third-order valence-corrected chi connectivity index (χ3v) is 2.96. The van der Waals surface area contributed by atoms with Crippen LogP contribution in [-0.4, -0.2) is 38.6 Å². The number of nitrogen functional groups attached to an aromatic ring is 1. The van der Waals surface area contributed by atoms with E-state index in [1.54, 1.807) is 6.92 Å². The lowest BCUT2D eigenvalue weighted by atomic mass is 10.1. The third-order valence-electron chi connectivity index (χ3n) is 2.96. The number of ether oxygens (including phenoxy) is 1. The van der Waals surface area contributed by atoms with E-state index in [1.807, 2.05) is 0 Å². The van der Waals surface area contributed by atoms with Crippen LogP contribution >= 0.6 is 0 Å². The third kappa shape index (κ3) is 1.92. The number of rotatable bonds is 2. The summed E-state index contributed by atoms with van der Waals surface area (Å²) in [5.41, 5.74) is 5.86. The molecule has 0 spiro atoms. The number of hydrogen-bond acceptors (Lipinski definition) is 6. The van der Waals surface area contributed by atoms with E-state index >= 15 is 0 Å². The minimum atomic E-state index is -1.01. The van der Waals surface area contributed by atoms with Gasteiger partial charge in [0.15, 0.2) is 6.23 Å². The van der Waals surface area contributed by atoms with Crippen molar-refractivity contribution in [2.75, 3.05) is 12.3 Å². The van der Waals surface area contributed by atoms with Gasteiger partial charge in [0.05, 0.1) is 6.61 Å². The molecule has 0 radical (unpaired) electrons. The Morgan fingerprint density at radius 2 is 2.33 bits per heavy atom. The first-order valence-corrected chi connectivity index (χ1v) is 5.44. The first-order chi connectivity index (χ1) is 8.45. The molecule has 2 heterocycles. The van der Waals surface area contributed by atoms with Crippen molar-refractivity contribution < 1.29 is 14.9 Å². The summed E-state index contributed by atoms with van der Waals surface area (Å²) in [6.45, 7) is 5.03. The van der Waals surface area contributed by atoms with Gasteiger partial charge in [-0.15, -0.1) is 0 Å². The molecular formula is C11H15N3O4. The molecule has 4 N–H and O–H groups in total. The Kier molecular flexibility index (Phi) is 3.20. The molecule has 0 unspecified atom stereocenters. The molecule has 98 valence electrons. The number of hydrogen-bond donors (Lipinski definition) is 3. The molecule has 1 saturated heterocycles. The Morgan fingerprint density at radius 3 is 2.89 bits per heavy atom. The predicted octanol–water partition coefficient (Wildman–Crippen LogP) is -1.06. The number of nitrogens with zero attached hydrogens (tertiary/aromatic N) is 2. The average Bonchev–Trinajstić information content (AvgIpc) is 2.61. The van der Waals surface area contributed by atoms with Gasteiger partial charge < -0.3 is 20.7 Å². The lowest BCUT2D eigenvalue weighted by Crippen LogP contribution is -2.29. The van der Waals surface area contributed by atoms with Gasteiger partial charge in [-0.1, -0.05) is 6.58 Å². The number of aryl methyl sites for hydroxylation is 1. The molecule has 1 aromatic heterocycles. The second kappa shape index (κ2) is 4.52. The van der Waals surface area contributed by atoms with Gasteiger partial charge in [0.2, 0.25) is 0 Å². The maximum atomic E-state index is 11.7. The monoisotopic (exact) mass is 253 g/mol. The molecule has 0 amide bonds. The van der Waals surface area contributed by atoms with Gasteiger partial charge >= 0.3 is 5.69 Å². The van der Waals surface area contributed by atoms with Crippen LogP contribution in [0.1, 0.15) is 11.8 Å². The van der Waals surface area contributed by atoms with Crippen LogP contribution in [0.2, 0.25) is 0 Å². The summed E-state index contributed by atoms with van der Waals surface area (Å²) >= 11 is 0. The molecule has 18 heavy (non-hydrogen) atoms. The van der Waals surface area contributed by atoms with Crippen molar-refractivity contribution in [1.82, 2.24) is 9.55 Å². The molecule has 3 atom stereocenters. The van der Waals surface area contributed by atoms with E-state index < -0.39 is 24.1 Å². The first-order valence-electron chi connectivity index (χ1n) is 5.44. The second-order valence-electron chi connectivity index (χ2n) is 4.23. The smallest absolute Gasteiger partial charge is 0.351 e. The standard InChI is InChI=1S/C11H15N3O4/c1-5-3-14(11(17)13-9(5)12)10-6(2)8(16)7(4-15)18-10/h3,7-8,10,15-16H,2,4H2,1H3,(H2,12,13,17)/t7-,8+,10-/m1/s1. The molecule has 0 saturated carbocycles. The van der Waals surface area contributed by atoms with E-state index in [9.17, 15) is 9.90 Å². The molecular weight excluding hydrogens is 238 g/mol. The minimum absolute atomic E-state index is 0.152. The van der Waals surface area contributed by atoms with E-state index in [0.717, 1.165) is 0 Å². The predicted molar refractivity (Wildman–Crippen MR) is 63.8 cm³/mol. The molecule has 0 aromatic carbocycles. The van der Waals surface area contributed by atoms with Gasteiger partial charge in [-0.25, -0.2) is 4.79 Å². The number of anilines is 1. The summed E-state index contributed by atoms with van der Waals surface area (Å²) < 4.78 is 6.58. The highest BCUT2D eigenvalue weighted by molar-refractivity contribution is 5.35. The Hall–Kier alpha value is -1.70. The fraction of sp³-hybridized carbons (Fsp3) is 0.455. The molecule has 0 bridgehead atoms. The van der Waals surface area contributed by atoms with Crippen LogP contribution in [0.4, 0.5) is 5.82 Å². The van der Waals surface area contributed by atoms with Crippen LogP contribution in [0.3, 0.4) is 0 Å². The normalized spacial score (nSPS) is 27.7. The van der Waals surface area contributed by atoms with Crippen molar-refractivity contribution in [3.8, 4) is 0 Å². The Balaban J connectivity index is 2.42. The van der Waals surface area contributed by atoms with E-state index in [0.29, 0.717) is 11.1 Å². The number of nitrogens with two attached hydrogens (primary N) is 1. The number of aromatic nitrogens is 2. The lowest BCUT2D eigenvalue weighted by Gasteiger charge is -2.15. The molecule has 7 heteroatoms. The summed E-state index contributed by atoms with van der Waals surface area (Å²) in [5.74, 6) is 0.152. The van der Waals surface area contributed by atoms with Gasteiger partial charge in [0.25, 0.3) is 0 Å². The van der Waals surface area contributed by atoms with Gasteiger partial charge in [-0.05, 0) is 6.92 Å². The zero-order valence-electron chi connectivity index (χ0n) is 9.91. The first kappa shape index (κ1) is 12.7. The fourth-order valence-electron chi connectivity index (χ4n) is 1.85. The molecule has 7 nitrogen and oxygen atoms in total. The Morgan fingerprint density at radius 1 is 1.67 bits per heavy atom. The van der Waals surface area contributed by atoms with Crippen LogP contribution in [0.25, 0.3) is 0 Å². The quantitative estimate of drug-likeness (QED) is 0.579. The lowest BCUT2D eigenvalue weighted by molar-refractivity contribution is -0.0447. The summed E-state index contributed by atoms with van der Waals surface area (Å²) in [5, 5.41) is 18.8. The van der Waals surface area contributed by atoms with Gasteiger partial charge in [0.1, 0.15) is 18.0 Å². The maximum Gasteiger partial charge on any atom is 0.351 e. The summed E-state index contributed by atoms with van der Waals surface area (Å²) in [6.07, 6.45) is -1.14. The summed E-state index contributed by atoms with van der Waals surface area (Å²) in [4.78, 5) is 15.4. The molecule has 1 aromatic rings. The van der Waals surface area contributed by atoms with Crippen LogP contribution in [0.15, 0.2) is 23.1 Å². The highest BCUT2D eigenvalue weighted by atomic mass is 16.5. The van der Waals surface area contributed by atoms with Crippen LogP contribution in [-0.2, 0) is 4.74 Å². The van der Waals surface area contributed by atoms with Crippen molar-refractivity contribution >= 4 is 5.82 Å². The van der Waals surface area contributed by atoms with E-state index in [-0.39, 0.29) is 12.4 Å². The topological polar surface area (TPSA) is 111 Å². The molecule has 1 aliphatic rings. The van der Waals surface area contributed by atoms with Crippen molar-refractivity contribution in [3.05, 3.63) is 34.4 Å². The average molecular weight is 253 g/mol. The summed E-state index contributed by atoms with van der Waals surface area (Å²) in [7, 11) is 0. The van der Waals surface area contributed by atoms with Gasteiger partial charge in [0, 0.05) is 17.3 Å². The highest BCUT2D eigenvalue weighted by Gasteiger charge is 2.38. The molecule has 2 rings (SSSR count). The van der Waals surface area contributed by atoms with Crippen molar-refractivity contribution in [3.63, 3.8) is 0 Å². The minimum Gasteiger partial charge on any atom is -0.394 e. The van der Waals surface area contributed by atoms with Crippen LogP contribution in [0, 0.1) is 6.92 Å². The number of aliphatic hydroxyl groups is 2. The van der Waals surface area contributed by atoms with Crippen molar-refractivity contribution in [2.24, 2.45) is 0 Å². The Labute approximate surface area is 103 Å². The molecule has 1 aliphatic heterocycles. The second-order valence-corrected chi connectivity index (χ2v) is 4.23. The Bertz CT molecular complexity index is 540. The van der Waals surface area contributed by atoms with Gasteiger partial charge in [-0.2, -0.15) is 4.98 Å². The highest BCUT2D eigenvalue weighted by Crippen LogP contribution is 2.32. The van der Waals surface area contributed by atoms with E-state index in [1.165, 1.54) is 10.8 Å². The maximum absolute atomic E-state index is 11.7. The molecule has 1 fully saturated rings.